The molecule has 0 fully saturated rings. The monoisotopic (exact) mass is 386 g/mol. The van der Waals surface area contributed by atoms with E-state index < -0.39 is 0 Å². The molecule has 3 aromatic carbocycles. The summed E-state index contributed by atoms with van der Waals surface area (Å²) in [7, 11) is 0. The lowest BCUT2D eigenvalue weighted by molar-refractivity contribution is -0.131. The van der Waals surface area contributed by atoms with Gasteiger partial charge in [0, 0.05) is 17.7 Å². The standard InChI is InChI=1S/C24H19FN2O2/c25-19-10-8-17(9-11-19)24-21-12-13-27(15-22(21)26-29-24)23(28)14-18-6-3-5-16-4-1-2-7-20(16)18/h1-11H,12-15H2. The Kier molecular flexibility index (Phi) is 4.35. The van der Waals surface area contributed by atoms with E-state index in [0.29, 0.717) is 31.7 Å². The molecule has 0 saturated carbocycles. The van der Waals surface area contributed by atoms with E-state index in [-0.39, 0.29) is 11.7 Å². The minimum absolute atomic E-state index is 0.0818. The number of nitrogens with zero attached hydrogens (tertiary/aromatic N) is 2. The number of carbonyl (C=O) groups excluding carboxylic acids is 1. The fourth-order valence-corrected chi connectivity index (χ4v) is 3.99. The Morgan fingerprint density at radius 1 is 1.03 bits per heavy atom. The summed E-state index contributed by atoms with van der Waals surface area (Å²) in [6.07, 6.45) is 1.03. The zero-order valence-corrected chi connectivity index (χ0v) is 15.8. The lowest BCUT2D eigenvalue weighted by Gasteiger charge is -2.26. The van der Waals surface area contributed by atoms with E-state index in [4.69, 9.17) is 4.52 Å². The van der Waals surface area contributed by atoms with Crippen LogP contribution in [0.4, 0.5) is 4.39 Å². The SMILES string of the molecule is O=C(Cc1cccc2ccccc12)N1CCc2c(noc2-c2ccc(F)cc2)C1. The van der Waals surface area contributed by atoms with E-state index in [1.165, 1.54) is 12.1 Å². The van der Waals surface area contributed by atoms with Crippen LogP contribution < -0.4 is 0 Å². The van der Waals surface area contributed by atoms with E-state index in [1.807, 2.05) is 29.2 Å². The molecule has 5 rings (SSSR count). The van der Waals surface area contributed by atoms with Crippen LogP contribution in [0.1, 0.15) is 16.8 Å². The molecule has 2 heterocycles. The highest BCUT2D eigenvalue weighted by molar-refractivity contribution is 5.90. The van der Waals surface area contributed by atoms with Crippen molar-refractivity contribution < 1.29 is 13.7 Å². The number of rotatable bonds is 3. The van der Waals surface area contributed by atoms with E-state index >= 15 is 0 Å². The first-order chi connectivity index (χ1) is 14.2. The van der Waals surface area contributed by atoms with Crippen molar-refractivity contribution in [2.24, 2.45) is 0 Å². The van der Waals surface area contributed by atoms with E-state index in [1.54, 1.807) is 12.1 Å². The number of halogens is 1. The normalized spacial score (nSPS) is 13.5. The Morgan fingerprint density at radius 3 is 2.69 bits per heavy atom. The molecule has 0 saturated heterocycles. The summed E-state index contributed by atoms with van der Waals surface area (Å²) in [4.78, 5) is 14.8. The number of hydrogen-bond acceptors (Lipinski definition) is 3. The largest absolute Gasteiger partial charge is 0.356 e. The molecular formula is C24H19FN2O2. The molecule has 4 aromatic rings. The summed E-state index contributed by atoms with van der Waals surface area (Å²) >= 11 is 0. The lowest BCUT2D eigenvalue weighted by atomic mass is 9.99. The average Bonchev–Trinajstić information content (AvgIpc) is 3.18. The highest BCUT2D eigenvalue weighted by atomic mass is 19.1. The van der Waals surface area contributed by atoms with Gasteiger partial charge in [0.15, 0.2) is 5.76 Å². The van der Waals surface area contributed by atoms with Crippen LogP contribution in [0.3, 0.4) is 0 Å². The van der Waals surface area contributed by atoms with Gasteiger partial charge in [0.2, 0.25) is 5.91 Å². The molecule has 0 spiro atoms. The van der Waals surface area contributed by atoms with Gasteiger partial charge >= 0.3 is 0 Å². The molecule has 1 aliphatic rings. The van der Waals surface area contributed by atoms with Crippen LogP contribution in [0.2, 0.25) is 0 Å². The molecular weight excluding hydrogens is 367 g/mol. The number of carbonyl (C=O) groups is 1. The van der Waals surface area contributed by atoms with Crippen LogP contribution in [0.25, 0.3) is 22.1 Å². The number of hydrogen-bond donors (Lipinski definition) is 0. The summed E-state index contributed by atoms with van der Waals surface area (Å²) in [6.45, 7) is 1.05. The molecule has 0 bridgehead atoms. The van der Waals surface area contributed by atoms with Crippen molar-refractivity contribution in [3.8, 4) is 11.3 Å². The molecule has 5 heteroatoms. The van der Waals surface area contributed by atoms with Crippen LogP contribution in [0, 0.1) is 5.82 Å². The topological polar surface area (TPSA) is 46.3 Å². The first-order valence-corrected chi connectivity index (χ1v) is 9.67. The fourth-order valence-electron chi connectivity index (χ4n) is 3.99. The van der Waals surface area contributed by atoms with Gasteiger partial charge < -0.3 is 9.42 Å². The number of amides is 1. The minimum atomic E-state index is -0.285. The van der Waals surface area contributed by atoms with Gasteiger partial charge in [0.25, 0.3) is 0 Å². The highest BCUT2D eigenvalue weighted by Gasteiger charge is 2.27. The maximum atomic E-state index is 13.2. The quantitative estimate of drug-likeness (QED) is 0.510. The third kappa shape index (κ3) is 3.29. The Bertz CT molecular complexity index is 1190. The van der Waals surface area contributed by atoms with Gasteiger partial charge in [-0.15, -0.1) is 0 Å². The van der Waals surface area contributed by atoms with Crippen molar-refractivity contribution >= 4 is 16.7 Å². The van der Waals surface area contributed by atoms with E-state index in [9.17, 15) is 9.18 Å². The van der Waals surface area contributed by atoms with Gasteiger partial charge in [0.05, 0.1) is 13.0 Å². The molecule has 0 aliphatic carbocycles. The zero-order valence-electron chi connectivity index (χ0n) is 15.8. The highest BCUT2D eigenvalue weighted by Crippen LogP contribution is 2.31. The van der Waals surface area contributed by atoms with Gasteiger partial charge in [0.1, 0.15) is 11.5 Å². The van der Waals surface area contributed by atoms with Gasteiger partial charge in [-0.2, -0.15) is 0 Å². The predicted octanol–water partition coefficient (Wildman–Crippen LogP) is 4.76. The number of benzene rings is 3. The molecule has 1 aliphatic heterocycles. The second-order valence-electron chi connectivity index (χ2n) is 7.32. The van der Waals surface area contributed by atoms with Gasteiger partial charge in [-0.25, -0.2) is 4.39 Å². The van der Waals surface area contributed by atoms with Crippen molar-refractivity contribution in [3.05, 3.63) is 89.4 Å². The maximum absolute atomic E-state index is 13.2. The van der Waals surface area contributed by atoms with Gasteiger partial charge in [-0.1, -0.05) is 47.6 Å². The molecule has 144 valence electrons. The van der Waals surface area contributed by atoms with Gasteiger partial charge in [-0.05, 0) is 47.0 Å². The summed E-state index contributed by atoms with van der Waals surface area (Å²) in [6, 6.07) is 20.4. The number of aromatic nitrogens is 1. The second-order valence-corrected chi connectivity index (χ2v) is 7.32. The zero-order chi connectivity index (χ0) is 19.8. The summed E-state index contributed by atoms with van der Waals surface area (Å²) in [5.41, 5.74) is 3.62. The van der Waals surface area contributed by atoms with Gasteiger partial charge in [-0.3, -0.25) is 4.79 Å². The smallest absolute Gasteiger partial charge is 0.227 e. The van der Waals surface area contributed by atoms with E-state index in [2.05, 4.69) is 23.4 Å². The van der Waals surface area contributed by atoms with Crippen LogP contribution in [0.5, 0.6) is 0 Å². The van der Waals surface area contributed by atoms with Crippen LogP contribution >= 0.6 is 0 Å². The summed E-state index contributed by atoms with van der Waals surface area (Å²) < 4.78 is 18.7. The molecule has 1 amide bonds. The van der Waals surface area contributed by atoms with Crippen molar-refractivity contribution in [1.82, 2.24) is 10.1 Å². The minimum Gasteiger partial charge on any atom is -0.356 e. The Morgan fingerprint density at radius 2 is 1.83 bits per heavy atom. The first kappa shape index (κ1) is 17.6. The fraction of sp³-hybridized carbons (Fsp3) is 0.167. The lowest BCUT2D eigenvalue weighted by Crippen LogP contribution is -2.37. The number of fused-ring (bicyclic) bond motifs is 2. The Hall–Kier alpha value is -3.47. The third-order valence-electron chi connectivity index (χ3n) is 5.52. The van der Waals surface area contributed by atoms with Crippen LogP contribution in [0.15, 0.2) is 71.3 Å². The molecule has 0 radical (unpaired) electrons. The third-order valence-corrected chi connectivity index (χ3v) is 5.52. The maximum Gasteiger partial charge on any atom is 0.227 e. The average molecular weight is 386 g/mol. The van der Waals surface area contributed by atoms with Crippen molar-refractivity contribution in [3.63, 3.8) is 0 Å². The van der Waals surface area contributed by atoms with Crippen molar-refractivity contribution in [1.29, 1.82) is 0 Å². The van der Waals surface area contributed by atoms with Crippen LogP contribution in [-0.2, 0) is 24.2 Å². The van der Waals surface area contributed by atoms with E-state index in [0.717, 1.165) is 33.2 Å². The van der Waals surface area contributed by atoms with Crippen molar-refractivity contribution in [2.45, 2.75) is 19.4 Å². The Balaban J connectivity index is 1.36. The molecule has 0 atom stereocenters. The van der Waals surface area contributed by atoms with Crippen molar-refractivity contribution in [2.75, 3.05) is 6.54 Å². The Labute approximate surface area is 167 Å². The first-order valence-electron chi connectivity index (χ1n) is 9.67. The molecule has 1 aromatic heterocycles. The molecule has 29 heavy (non-hydrogen) atoms. The summed E-state index contributed by atoms with van der Waals surface area (Å²) in [5.74, 6) is 0.465. The summed E-state index contributed by atoms with van der Waals surface area (Å²) in [5, 5.41) is 6.43. The molecule has 4 nitrogen and oxygen atoms in total. The molecule has 0 unspecified atom stereocenters. The van der Waals surface area contributed by atoms with Crippen LogP contribution in [-0.4, -0.2) is 22.5 Å². The second kappa shape index (κ2) is 7.17. The molecule has 0 N–H and O–H groups in total. The predicted molar refractivity (Wildman–Crippen MR) is 109 cm³/mol.